The molecule has 3 heterocycles. The summed E-state index contributed by atoms with van der Waals surface area (Å²) in [5, 5.41) is 4.41. The largest absolute Gasteiger partial charge is 0.381 e. The summed E-state index contributed by atoms with van der Waals surface area (Å²) in [6.07, 6.45) is 6.33. The minimum atomic E-state index is 0.0363. The molecule has 1 aromatic rings. The summed E-state index contributed by atoms with van der Waals surface area (Å²) < 4.78 is 7.40. The Morgan fingerprint density at radius 2 is 1.78 bits per heavy atom. The van der Waals surface area contributed by atoms with Crippen molar-refractivity contribution in [1.82, 2.24) is 24.5 Å². The zero-order chi connectivity index (χ0) is 22.8. The molecule has 8 heteroatoms. The third-order valence-electron chi connectivity index (χ3n) is 7.53. The number of carbonyl (C=O) groups excluding carboxylic acids is 2. The molecular weight excluding hydrogens is 406 g/mol. The maximum atomic E-state index is 13.2. The molecular formula is C24H39N5O3. The van der Waals surface area contributed by atoms with Gasteiger partial charge in [0.05, 0.1) is 11.3 Å². The fourth-order valence-corrected chi connectivity index (χ4v) is 5.34. The zero-order valence-corrected chi connectivity index (χ0v) is 20.2. The first-order chi connectivity index (χ1) is 15.4. The van der Waals surface area contributed by atoms with E-state index in [1.54, 1.807) is 4.68 Å². The van der Waals surface area contributed by atoms with Crippen LogP contribution in [0.5, 0.6) is 0 Å². The monoisotopic (exact) mass is 445 g/mol. The van der Waals surface area contributed by atoms with Crippen molar-refractivity contribution in [2.45, 2.75) is 64.5 Å². The minimum absolute atomic E-state index is 0.0363. The molecule has 32 heavy (non-hydrogen) atoms. The number of nitrogens with zero attached hydrogens (tertiary/aromatic N) is 5. The molecule has 3 aliphatic rings. The standard InChI is InChI=1S/C24H39N5O3/c1-17-22(18(2)27(4)25-17)24(31)26(3)12-13-29(20-9-14-32-15-10-20)21-6-5-11-28(16-21)23(30)19-7-8-19/h19-21H,5-16H2,1-4H3. The second kappa shape index (κ2) is 9.91. The Bertz CT molecular complexity index is 828. The maximum absolute atomic E-state index is 13.2. The van der Waals surface area contributed by atoms with Gasteiger partial charge in [0.25, 0.3) is 5.91 Å². The minimum Gasteiger partial charge on any atom is -0.381 e. The summed E-state index contributed by atoms with van der Waals surface area (Å²) in [7, 11) is 3.77. The predicted molar refractivity (Wildman–Crippen MR) is 123 cm³/mol. The highest BCUT2D eigenvalue weighted by Crippen LogP contribution is 2.33. The molecule has 4 rings (SSSR count). The van der Waals surface area contributed by atoms with Crippen molar-refractivity contribution in [3.05, 3.63) is 17.0 Å². The Morgan fingerprint density at radius 1 is 1.06 bits per heavy atom. The Hall–Kier alpha value is -1.93. The first-order valence-corrected chi connectivity index (χ1v) is 12.2. The van der Waals surface area contributed by atoms with Crippen LogP contribution in [0.15, 0.2) is 0 Å². The molecule has 178 valence electrons. The highest BCUT2D eigenvalue weighted by molar-refractivity contribution is 5.96. The number of likely N-dealkylation sites (N-methyl/N-ethyl adjacent to an activating group) is 1. The second-order valence-electron chi connectivity index (χ2n) is 9.83. The molecule has 1 atom stereocenters. The molecule has 1 aliphatic carbocycles. The Balaban J connectivity index is 1.43. The van der Waals surface area contributed by atoms with Crippen LogP contribution in [-0.2, 0) is 16.6 Å². The van der Waals surface area contributed by atoms with E-state index in [-0.39, 0.29) is 11.8 Å². The summed E-state index contributed by atoms with van der Waals surface area (Å²) in [6, 6.07) is 0.815. The number of aromatic nitrogens is 2. The molecule has 0 radical (unpaired) electrons. The summed E-state index contributed by atoms with van der Waals surface area (Å²) >= 11 is 0. The lowest BCUT2D eigenvalue weighted by Crippen LogP contribution is -2.55. The lowest BCUT2D eigenvalue weighted by molar-refractivity contribution is -0.135. The van der Waals surface area contributed by atoms with E-state index < -0.39 is 0 Å². The highest BCUT2D eigenvalue weighted by Gasteiger charge is 2.38. The third kappa shape index (κ3) is 5.01. The number of carbonyl (C=O) groups is 2. The van der Waals surface area contributed by atoms with Crippen LogP contribution in [0.3, 0.4) is 0 Å². The van der Waals surface area contributed by atoms with Crippen molar-refractivity contribution in [3.63, 3.8) is 0 Å². The normalized spacial score (nSPS) is 22.4. The van der Waals surface area contributed by atoms with Gasteiger partial charge in [0.15, 0.2) is 0 Å². The van der Waals surface area contributed by atoms with Crippen molar-refractivity contribution < 1.29 is 14.3 Å². The molecule has 3 fully saturated rings. The number of ether oxygens (including phenoxy) is 1. The molecule has 8 nitrogen and oxygen atoms in total. The molecule has 2 amide bonds. The van der Waals surface area contributed by atoms with E-state index >= 15 is 0 Å². The zero-order valence-electron chi connectivity index (χ0n) is 20.2. The molecule has 0 bridgehead atoms. The average molecular weight is 446 g/mol. The van der Waals surface area contributed by atoms with E-state index in [1.165, 1.54) is 0 Å². The van der Waals surface area contributed by atoms with Crippen molar-refractivity contribution in [1.29, 1.82) is 0 Å². The van der Waals surface area contributed by atoms with E-state index in [9.17, 15) is 9.59 Å². The van der Waals surface area contributed by atoms with Gasteiger partial charge in [0.1, 0.15) is 0 Å². The molecule has 0 aromatic carbocycles. The fraction of sp³-hybridized carbons (Fsp3) is 0.792. The third-order valence-corrected chi connectivity index (χ3v) is 7.53. The van der Waals surface area contributed by atoms with Gasteiger partial charge in [-0.25, -0.2) is 0 Å². The Kier molecular flexibility index (Phi) is 7.20. The number of aryl methyl sites for hydroxylation is 2. The quantitative estimate of drug-likeness (QED) is 0.642. The van der Waals surface area contributed by atoms with Crippen molar-refractivity contribution in [2.75, 3.05) is 46.4 Å². The number of rotatable bonds is 7. The van der Waals surface area contributed by atoms with Crippen LogP contribution in [0.2, 0.25) is 0 Å². The van der Waals surface area contributed by atoms with Gasteiger partial charge in [-0.05, 0) is 52.4 Å². The van der Waals surface area contributed by atoms with Gasteiger partial charge in [-0.2, -0.15) is 5.10 Å². The topological polar surface area (TPSA) is 70.9 Å². The van der Waals surface area contributed by atoms with Crippen molar-refractivity contribution in [2.24, 2.45) is 13.0 Å². The number of piperidine rings is 1. The van der Waals surface area contributed by atoms with Crippen LogP contribution < -0.4 is 0 Å². The first-order valence-electron chi connectivity index (χ1n) is 12.2. The van der Waals surface area contributed by atoms with Gasteiger partial charge in [0.2, 0.25) is 5.91 Å². The number of hydrogen-bond donors (Lipinski definition) is 0. The van der Waals surface area contributed by atoms with Crippen molar-refractivity contribution in [3.8, 4) is 0 Å². The number of likely N-dealkylation sites (tertiary alicyclic amines) is 1. The summed E-state index contributed by atoms with van der Waals surface area (Å²) in [4.78, 5) is 32.4. The predicted octanol–water partition coefficient (Wildman–Crippen LogP) is 1.99. The number of hydrogen-bond acceptors (Lipinski definition) is 5. The first kappa shape index (κ1) is 23.2. The van der Waals surface area contributed by atoms with Crippen LogP contribution in [0.4, 0.5) is 0 Å². The van der Waals surface area contributed by atoms with E-state index in [0.29, 0.717) is 30.1 Å². The Labute approximate surface area is 191 Å². The van der Waals surface area contributed by atoms with Crippen LogP contribution in [0.25, 0.3) is 0 Å². The van der Waals surface area contributed by atoms with Crippen LogP contribution >= 0.6 is 0 Å². The lowest BCUT2D eigenvalue weighted by Gasteiger charge is -2.44. The lowest BCUT2D eigenvalue weighted by atomic mass is 9.98. The summed E-state index contributed by atoms with van der Waals surface area (Å²) in [5.74, 6) is 0.672. The van der Waals surface area contributed by atoms with Gasteiger partial charge >= 0.3 is 0 Å². The van der Waals surface area contributed by atoms with Gasteiger partial charge < -0.3 is 14.5 Å². The van der Waals surface area contributed by atoms with Crippen molar-refractivity contribution >= 4 is 11.8 Å². The fourth-order valence-electron chi connectivity index (χ4n) is 5.34. The molecule has 2 saturated heterocycles. The van der Waals surface area contributed by atoms with E-state index in [2.05, 4.69) is 14.9 Å². The van der Waals surface area contributed by atoms with Crippen LogP contribution in [-0.4, -0.2) is 94.8 Å². The molecule has 1 aromatic heterocycles. The Morgan fingerprint density at radius 3 is 2.41 bits per heavy atom. The maximum Gasteiger partial charge on any atom is 0.257 e. The van der Waals surface area contributed by atoms with E-state index in [4.69, 9.17) is 4.74 Å². The molecule has 0 spiro atoms. The molecule has 2 aliphatic heterocycles. The van der Waals surface area contributed by atoms with Crippen LogP contribution in [0.1, 0.15) is 60.3 Å². The smallest absolute Gasteiger partial charge is 0.257 e. The summed E-state index contributed by atoms with van der Waals surface area (Å²) in [6.45, 7) is 8.64. The van der Waals surface area contributed by atoms with Gasteiger partial charge in [-0.15, -0.1) is 0 Å². The van der Waals surface area contributed by atoms with Gasteiger partial charge in [-0.1, -0.05) is 0 Å². The van der Waals surface area contributed by atoms with E-state index in [1.807, 2.05) is 32.8 Å². The van der Waals surface area contributed by atoms with Crippen LogP contribution in [0, 0.1) is 19.8 Å². The average Bonchev–Trinajstić information content (AvgIpc) is 3.61. The second-order valence-corrected chi connectivity index (χ2v) is 9.83. The molecule has 1 saturated carbocycles. The van der Waals surface area contributed by atoms with Gasteiger partial charge in [0, 0.05) is 77.2 Å². The number of amides is 2. The molecule has 1 unspecified atom stereocenters. The van der Waals surface area contributed by atoms with Gasteiger partial charge in [-0.3, -0.25) is 19.2 Å². The highest BCUT2D eigenvalue weighted by atomic mass is 16.5. The SMILES string of the molecule is Cc1nn(C)c(C)c1C(=O)N(C)CCN(C1CCOCC1)C1CCCN(C(=O)C2CC2)C1. The molecule has 0 N–H and O–H groups in total. The summed E-state index contributed by atoms with van der Waals surface area (Å²) in [5.41, 5.74) is 2.40. The van der Waals surface area contributed by atoms with E-state index in [0.717, 1.165) is 82.8 Å².